The van der Waals surface area contributed by atoms with Gasteiger partial charge in [0.2, 0.25) is 0 Å². The molecule has 0 saturated carbocycles. The number of hydrogen-bond donors (Lipinski definition) is 0. The van der Waals surface area contributed by atoms with Crippen molar-refractivity contribution in [1.29, 1.82) is 0 Å². The molecular weight excluding hydrogens is 453 g/mol. The summed E-state index contributed by atoms with van der Waals surface area (Å²) in [6.07, 6.45) is 1.69. The minimum absolute atomic E-state index is 0.198. The van der Waals surface area contributed by atoms with Gasteiger partial charge in [0.15, 0.2) is 0 Å². The molecule has 1 aliphatic heterocycles. The Labute approximate surface area is 194 Å². The maximum atomic E-state index is 12.9. The monoisotopic (exact) mass is 469 g/mol. The number of nitrogens with zero attached hydrogens (tertiary/aromatic N) is 1. The fraction of sp³-hybridized carbons (Fsp3) is 0.0833. The first-order valence-corrected chi connectivity index (χ1v) is 11.0. The number of para-hydroxylation sites is 1. The lowest BCUT2D eigenvalue weighted by molar-refractivity contribution is -0.123. The summed E-state index contributed by atoms with van der Waals surface area (Å²) in [6, 6.07) is 21.9. The number of imide groups is 1. The number of thioether (sulfide) groups is 1. The number of carbonyl (C=O) groups excluding carboxylic acids is 2. The zero-order valence-corrected chi connectivity index (χ0v) is 18.6. The van der Waals surface area contributed by atoms with Crippen LogP contribution in [0.5, 0.6) is 5.75 Å². The number of rotatable bonds is 6. The molecule has 0 aromatic heterocycles. The molecule has 4 nitrogen and oxygen atoms in total. The number of amides is 2. The van der Waals surface area contributed by atoms with E-state index in [9.17, 15) is 9.59 Å². The van der Waals surface area contributed by atoms with Gasteiger partial charge < -0.3 is 4.74 Å². The Hall–Kier alpha value is -2.73. The van der Waals surface area contributed by atoms with E-state index in [1.807, 2.05) is 48.5 Å². The molecule has 0 bridgehead atoms. The van der Waals surface area contributed by atoms with Crippen LogP contribution in [-0.2, 0) is 17.9 Å². The van der Waals surface area contributed by atoms with Crippen molar-refractivity contribution in [2.24, 2.45) is 0 Å². The van der Waals surface area contributed by atoms with Crippen LogP contribution in [0.1, 0.15) is 16.7 Å². The van der Waals surface area contributed by atoms with E-state index in [-0.39, 0.29) is 17.7 Å². The van der Waals surface area contributed by atoms with Crippen LogP contribution in [0.2, 0.25) is 10.0 Å². The highest BCUT2D eigenvalue weighted by molar-refractivity contribution is 8.18. The van der Waals surface area contributed by atoms with Crippen molar-refractivity contribution in [3.05, 3.63) is 104 Å². The summed E-state index contributed by atoms with van der Waals surface area (Å²) in [6.45, 7) is 0.492. The molecule has 0 aliphatic carbocycles. The zero-order valence-electron chi connectivity index (χ0n) is 16.3. The summed E-state index contributed by atoms with van der Waals surface area (Å²) in [5.41, 5.74) is 2.41. The van der Waals surface area contributed by atoms with Gasteiger partial charge in [-0.2, -0.15) is 0 Å². The molecule has 3 aromatic carbocycles. The third-order valence-corrected chi connectivity index (χ3v) is 6.20. The summed E-state index contributed by atoms with van der Waals surface area (Å²) in [5.74, 6) is 0.276. The lowest BCUT2D eigenvalue weighted by atomic mass is 10.1. The van der Waals surface area contributed by atoms with Crippen LogP contribution in [-0.4, -0.2) is 16.0 Å². The van der Waals surface area contributed by atoms with Gasteiger partial charge in [0.05, 0.1) is 11.4 Å². The third kappa shape index (κ3) is 5.13. The fourth-order valence-electron chi connectivity index (χ4n) is 3.05. The van der Waals surface area contributed by atoms with Crippen LogP contribution < -0.4 is 4.74 Å². The molecule has 2 amide bonds. The van der Waals surface area contributed by atoms with Crippen LogP contribution in [0.15, 0.2) is 77.7 Å². The van der Waals surface area contributed by atoms with E-state index in [1.54, 1.807) is 30.3 Å². The Morgan fingerprint density at radius 1 is 0.903 bits per heavy atom. The van der Waals surface area contributed by atoms with Crippen molar-refractivity contribution in [1.82, 2.24) is 4.90 Å². The summed E-state index contributed by atoms with van der Waals surface area (Å²) in [4.78, 5) is 26.9. The summed E-state index contributed by atoms with van der Waals surface area (Å²) in [7, 11) is 0. The van der Waals surface area contributed by atoms with Gasteiger partial charge in [-0.3, -0.25) is 14.5 Å². The second-order valence-corrected chi connectivity index (χ2v) is 8.65. The molecule has 1 fully saturated rings. The highest BCUT2D eigenvalue weighted by Crippen LogP contribution is 2.35. The molecule has 0 spiro atoms. The number of hydrogen-bond acceptors (Lipinski definition) is 4. The second-order valence-electron chi connectivity index (χ2n) is 6.81. The molecule has 0 atom stereocenters. The SMILES string of the molecule is O=C1SC(=Cc2ccccc2OCc2ccccc2Cl)C(=O)N1Cc1ccc(Cl)cc1. The molecule has 0 radical (unpaired) electrons. The van der Waals surface area contributed by atoms with Gasteiger partial charge in [0.1, 0.15) is 12.4 Å². The van der Waals surface area contributed by atoms with Crippen molar-refractivity contribution in [3.8, 4) is 5.75 Å². The number of ether oxygens (including phenoxy) is 1. The molecule has 1 saturated heterocycles. The predicted molar refractivity (Wildman–Crippen MR) is 125 cm³/mol. The quantitative estimate of drug-likeness (QED) is 0.372. The van der Waals surface area contributed by atoms with Crippen LogP contribution >= 0.6 is 35.0 Å². The first-order valence-electron chi connectivity index (χ1n) is 9.46. The lowest BCUT2D eigenvalue weighted by Gasteiger charge is -2.12. The van der Waals surface area contributed by atoms with Gasteiger partial charge in [0, 0.05) is 21.2 Å². The van der Waals surface area contributed by atoms with Crippen LogP contribution in [0, 0.1) is 0 Å². The van der Waals surface area contributed by atoms with Crippen LogP contribution in [0.25, 0.3) is 6.08 Å². The average molecular weight is 470 g/mol. The normalized spacial score (nSPS) is 15.0. The topological polar surface area (TPSA) is 46.6 Å². The van der Waals surface area contributed by atoms with Gasteiger partial charge in [-0.1, -0.05) is 71.7 Å². The third-order valence-electron chi connectivity index (χ3n) is 4.67. The van der Waals surface area contributed by atoms with Crippen molar-refractivity contribution in [3.63, 3.8) is 0 Å². The highest BCUT2D eigenvalue weighted by atomic mass is 35.5. The summed E-state index contributed by atoms with van der Waals surface area (Å²) >= 11 is 13.0. The molecule has 0 unspecified atom stereocenters. The second kappa shape index (κ2) is 9.60. The van der Waals surface area contributed by atoms with E-state index in [0.717, 1.165) is 22.9 Å². The first kappa shape index (κ1) is 21.5. The molecule has 3 aromatic rings. The van der Waals surface area contributed by atoms with Gasteiger partial charge in [0.25, 0.3) is 11.1 Å². The van der Waals surface area contributed by atoms with Gasteiger partial charge in [-0.25, -0.2) is 0 Å². The Kier molecular flexibility index (Phi) is 6.66. The fourth-order valence-corrected chi connectivity index (χ4v) is 4.20. The minimum atomic E-state index is -0.328. The molecule has 1 heterocycles. The largest absolute Gasteiger partial charge is 0.488 e. The Morgan fingerprint density at radius 3 is 2.39 bits per heavy atom. The first-order chi connectivity index (χ1) is 15.0. The Morgan fingerprint density at radius 2 is 1.61 bits per heavy atom. The minimum Gasteiger partial charge on any atom is -0.488 e. The van der Waals surface area contributed by atoms with E-state index >= 15 is 0 Å². The van der Waals surface area contributed by atoms with E-state index in [4.69, 9.17) is 27.9 Å². The van der Waals surface area contributed by atoms with E-state index in [2.05, 4.69) is 0 Å². The molecular formula is C24H17Cl2NO3S. The standard InChI is InChI=1S/C24H17Cl2NO3S/c25-19-11-9-16(10-12-19)14-27-23(28)22(31-24(27)29)13-17-5-2-4-8-21(17)30-15-18-6-1-3-7-20(18)26/h1-13H,14-15H2. The van der Waals surface area contributed by atoms with Gasteiger partial charge in [-0.15, -0.1) is 0 Å². The van der Waals surface area contributed by atoms with Crippen LogP contribution in [0.3, 0.4) is 0 Å². The number of carbonyl (C=O) groups is 2. The maximum Gasteiger partial charge on any atom is 0.293 e. The van der Waals surface area contributed by atoms with Crippen molar-refractivity contribution in [2.75, 3.05) is 0 Å². The molecule has 4 rings (SSSR count). The number of benzene rings is 3. The summed E-state index contributed by atoms with van der Waals surface area (Å²) < 4.78 is 5.95. The number of halogens is 2. The molecule has 31 heavy (non-hydrogen) atoms. The van der Waals surface area contributed by atoms with Gasteiger partial charge >= 0.3 is 0 Å². The van der Waals surface area contributed by atoms with E-state index in [1.165, 1.54) is 4.90 Å². The van der Waals surface area contributed by atoms with E-state index < -0.39 is 0 Å². The highest BCUT2D eigenvalue weighted by Gasteiger charge is 2.35. The predicted octanol–water partition coefficient (Wildman–Crippen LogP) is 6.81. The maximum absolute atomic E-state index is 12.9. The smallest absolute Gasteiger partial charge is 0.293 e. The van der Waals surface area contributed by atoms with E-state index in [0.29, 0.717) is 32.9 Å². The molecule has 7 heteroatoms. The van der Waals surface area contributed by atoms with Gasteiger partial charge in [-0.05, 0) is 47.7 Å². The Balaban J connectivity index is 1.52. The summed E-state index contributed by atoms with van der Waals surface area (Å²) in [5, 5.41) is 0.926. The van der Waals surface area contributed by atoms with Crippen molar-refractivity contribution >= 4 is 52.2 Å². The zero-order chi connectivity index (χ0) is 21.8. The van der Waals surface area contributed by atoms with Crippen molar-refractivity contribution < 1.29 is 14.3 Å². The Bertz CT molecular complexity index is 1160. The van der Waals surface area contributed by atoms with Crippen LogP contribution in [0.4, 0.5) is 4.79 Å². The van der Waals surface area contributed by atoms with Crippen molar-refractivity contribution in [2.45, 2.75) is 13.2 Å². The average Bonchev–Trinajstić information content (AvgIpc) is 3.03. The molecule has 1 aliphatic rings. The lowest BCUT2D eigenvalue weighted by Crippen LogP contribution is -2.27. The molecule has 0 N–H and O–H groups in total. The molecule has 156 valence electrons.